The Morgan fingerprint density at radius 1 is 1.09 bits per heavy atom. The van der Waals surface area contributed by atoms with Crippen LogP contribution in [0.4, 0.5) is 4.79 Å². The van der Waals surface area contributed by atoms with Crippen LogP contribution in [0.5, 0.6) is 0 Å². The lowest BCUT2D eigenvalue weighted by Gasteiger charge is -2.15. The highest BCUT2D eigenvalue weighted by Gasteiger charge is 2.33. The van der Waals surface area contributed by atoms with E-state index in [1.165, 1.54) is 12.0 Å². The number of aryl methyl sites for hydroxylation is 1. The summed E-state index contributed by atoms with van der Waals surface area (Å²) >= 11 is 0. The summed E-state index contributed by atoms with van der Waals surface area (Å²) in [5, 5.41) is 8.86. The minimum Gasteiger partial charge on any atom is -0.449 e. The number of benzene rings is 2. The minimum atomic E-state index is -0.463. The third kappa shape index (κ3) is 6.65. The first-order valence-electron chi connectivity index (χ1n) is 12.6. The molecule has 1 atom stereocenters. The second-order valence-electron chi connectivity index (χ2n) is 8.94. The molecule has 35 heavy (non-hydrogen) atoms. The third-order valence-electron chi connectivity index (χ3n) is 6.37. The van der Waals surface area contributed by atoms with Crippen molar-refractivity contribution in [2.45, 2.75) is 51.4 Å². The number of nitrogens with one attached hydrogen (secondary N) is 3. The first-order valence-corrected chi connectivity index (χ1v) is 12.6. The van der Waals surface area contributed by atoms with Gasteiger partial charge in [0.25, 0.3) is 5.91 Å². The fraction of sp³-hybridized carbons (Fsp3) is 0.414. The summed E-state index contributed by atoms with van der Waals surface area (Å²) in [6.45, 7) is 11.8. The topological polar surface area (TPSA) is 79.5 Å². The molecule has 1 aliphatic rings. The Bertz CT molecular complexity index is 1050. The van der Waals surface area contributed by atoms with Gasteiger partial charge in [0, 0.05) is 30.8 Å². The summed E-state index contributed by atoms with van der Waals surface area (Å²) in [6.07, 6.45) is 5.35. The van der Waals surface area contributed by atoms with E-state index in [1.54, 1.807) is 7.05 Å². The molecule has 6 heteroatoms. The van der Waals surface area contributed by atoms with Crippen molar-refractivity contribution in [3.63, 3.8) is 0 Å². The van der Waals surface area contributed by atoms with Crippen LogP contribution in [0.3, 0.4) is 0 Å². The number of ether oxygens (including phenoxy) is 1. The number of fused-ring (bicyclic) bond motifs is 3. The summed E-state index contributed by atoms with van der Waals surface area (Å²) < 4.78 is 5.47. The Morgan fingerprint density at radius 2 is 1.91 bits per heavy atom. The first kappa shape index (κ1) is 26.3. The highest BCUT2D eigenvalue weighted by atomic mass is 16.5. The molecule has 1 unspecified atom stereocenters. The van der Waals surface area contributed by atoms with E-state index in [2.05, 4.69) is 54.6 Å². The summed E-state index contributed by atoms with van der Waals surface area (Å²) in [7, 11) is 1.55. The van der Waals surface area contributed by atoms with Gasteiger partial charge in [-0.25, -0.2) is 4.79 Å². The fourth-order valence-electron chi connectivity index (χ4n) is 4.55. The summed E-state index contributed by atoms with van der Waals surface area (Å²) in [4.78, 5) is 24.7. The number of allylic oxidation sites excluding steroid dienone is 1. The highest BCUT2D eigenvalue weighted by Crippen LogP contribution is 2.47. The molecule has 0 aromatic heterocycles. The number of carbonyl (C=O) groups is 2. The van der Waals surface area contributed by atoms with Crippen LogP contribution in [-0.2, 0) is 11.2 Å². The maximum atomic E-state index is 12.9. The van der Waals surface area contributed by atoms with Gasteiger partial charge in [-0.2, -0.15) is 6.42 Å². The molecule has 2 aromatic carbocycles. The van der Waals surface area contributed by atoms with Gasteiger partial charge in [-0.1, -0.05) is 50.3 Å². The van der Waals surface area contributed by atoms with E-state index < -0.39 is 6.09 Å². The molecule has 0 heterocycles. The molecule has 0 aliphatic heterocycles. The lowest BCUT2D eigenvalue weighted by Crippen LogP contribution is -2.24. The molecular weight excluding hydrogens is 438 g/mol. The van der Waals surface area contributed by atoms with Crippen molar-refractivity contribution in [1.29, 1.82) is 0 Å². The Labute approximate surface area is 209 Å². The molecule has 0 bridgehead atoms. The maximum Gasteiger partial charge on any atom is 0.406 e. The number of hydrogen-bond acceptors (Lipinski definition) is 4. The Hall–Kier alpha value is -3.28. The Balaban J connectivity index is 1.83. The average molecular weight is 477 g/mol. The molecule has 0 saturated carbocycles. The smallest absolute Gasteiger partial charge is 0.406 e. The lowest BCUT2D eigenvalue weighted by molar-refractivity contribution is 0.0954. The van der Waals surface area contributed by atoms with Crippen LogP contribution < -0.4 is 16.0 Å². The zero-order valence-corrected chi connectivity index (χ0v) is 21.0. The molecule has 1 aliphatic carbocycles. The van der Waals surface area contributed by atoms with Crippen molar-refractivity contribution in [3.8, 4) is 11.1 Å². The second kappa shape index (κ2) is 13.0. The van der Waals surface area contributed by atoms with Crippen molar-refractivity contribution in [1.82, 2.24) is 16.0 Å². The molecule has 3 N–H and O–H groups in total. The standard InChI is InChI=1S/C29H38N3O3/c1-5-7-17-31-20(3)10-8-11-21-14-15-23-25(18-21)26(19-35-29(34)30-4)22-12-9-13-24(27(22)23)28(33)32-16-6-2/h9,12-15,18,26,31H,2-3,5-8,10-11,16-17,19H2,1,4H3,(H,30,34)(H,32,33)/q-1. The van der Waals surface area contributed by atoms with Crippen molar-refractivity contribution in [3.05, 3.63) is 77.9 Å². The van der Waals surface area contributed by atoms with Gasteiger partial charge in [0.1, 0.15) is 6.61 Å². The fourth-order valence-corrected chi connectivity index (χ4v) is 4.55. The summed E-state index contributed by atoms with van der Waals surface area (Å²) in [5.41, 5.74) is 7.01. The highest BCUT2D eigenvalue weighted by molar-refractivity contribution is 6.03. The van der Waals surface area contributed by atoms with E-state index in [-0.39, 0.29) is 18.4 Å². The quantitative estimate of drug-likeness (QED) is 0.269. The summed E-state index contributed by atoms with van der Waals surface area (Å²) in [5.74, 6) is -0.231. The van der Waals surface area contributed by atoms with Crippen LogP contribution in [0.2, 0.25) is 0 Å². The lowest BCUT2D eigenvalue weighted by atomic mass is 9.95. The van der Waals surface area contributed by atoms with Gasteiger partial charge in [0.05, 0.1) is 0 Å². The second-order valence-corrected chi connectivity index (χ2v) is 8.94. The zero-order valence-electron chi connectivity index (χ0n) is 21.0. The van der Waals surface area contributed by atoms with Crippen molar-refractivity contribution < 1.29 is 14.3 Å². The molecule has 0 saturated heterocycles. The Kier molecular flexibility index (Phi) is 9.76. The van der Waals surface area contributed by atoms with Crippen molar-refractivity contribution in [2.75, 3.05) is 26.7 Å². The van der Waals surface area contributed by atoms with Crippen molar-refractivity contribution in [2.24, 2.45) is 0 Å². The summed E-state index contributed by atoms with van der Waals surface area (Å²) in [6, 6.07) is 12.2. The predicted octanol–water partition coefficient (Wildman–Crippen LogP) is 5.33. The SMILES string of the molecule is C=C(CCCc1ccc2c(c1)C(COC(=O)NC)c1cccc(C(=O)NCC[CH2-])c1-2)NCCCC. The van der Waals surface area contributed by atoms with E-state index in [9.17, 15) is 9.59 Å². The van der Waals surface area contributed by atoms with Crippen LogP contribution in [0.1, 0.15) is 72.0 Å². The van der Waals surface area contributed by atoms with E-state index in [0.717, 1.165) is 60.2 Å². The molecule has 2 amide bonds. The van der Waals surface area contributed by atoms with Crippen LogP contribution in [0, 0.1) is 6.92 Å². The minimum absolute atomic E-state index is 0.109. The van der Waals surface area contributed by atoms with Gasteiger partial charge in [0.2, 0.25) is 0 Å². The van der Waals surface area contributed by atoms with Gasteiger partial charge >= 0.3 is 6.09 Å². The molecular formula is C29H38N3O3-. The zero-order chi connectivity index (χ0) is 25.2. The van der Waals surface area contributed by atoms with Gasteiger partial charge in [0.15, 0.2) is 0 Å². The van der Waals surface area contributed by atoms with Crippen LogP contribution in [0.25, 0.3) is 11.1 Å². The van der Waals surface area contributed by atoms with Crippen LogP contribution in [-0.4, -0.2) is 38.7 Å². The van der Waals surface area contributed by atoms with Crippen LogP contribution in [0.15, 0.2) is 48.7 Å². The van der Waals surface area contributed by atoms with Gasteiger partial charge < -0.3 is 27.6 Å². The molecule has 0 radical (unpaired) electrons. The molecule has 0 fully saturated rings. The van der Waals surface area contributed by atoms with E-state index in [4.69, 9.17) is 4.74 Å². The van der Waals surface area contributed by atoms with Crippen LogP contribution >= 0.6 is 0 Å². The van der Waals surface area contributed by atoms with Gasteiger partial charge in [-0.3, -0.25) is 4.79 Å². The van der Waals surface area contributed by atoms with E-state index in [1.807, 2.05) is 18.2 Å². The number of rotatable bonds is 13. The van der Waals surface area contributed by atoms with E-state index >= 15 is 0 Å². The normalized spacial score (nSPS) is 13.5. The number of hydrogen-bond donors (Lipinski definition) is 3. The molecule has 6 nitrogen and oxygen atoms in total. The first-order chi connectivity index (χ1) is 17.0. The Morgan fingerprint density at radius 3 is 2.66 bits per heavy atom. The number of unbranched alkanes of at least 4 members (excludes halogenated alkanes) is 1. The number of alkyl carbamates (subject to hydrolysis) is 1. The van der Waals surface area contributed by atoms with Gasteiger partial charge in [-0.05, 0) is 66.1 Å². The molecule has 0 spiro atoms. The third-order valence-corrected chi connectivity index (χ3v) is 6.37. The molecule has 3 rings (SSSR count). The predicted molar refractivity (Wildman–Crippen MR) is 141 cm³/mol. The number of carbonyl (C=O) groups excluding carboxylic acids is 2. The largest absolute Gasteiger partial charge is 0.449 e. The van der Waals surface area contributed by atoms with Gasteiger partial charge in [-0.15, -0.1) is 0 Å². The molecule has 188 valence electrons. The van der Waals surface area contributed by atoms with Crippen molar-refractivity contribution >= 4 is 12.0 Å². The van der Waals surface area contributed by atoms with E-state index in [0.29, 0.717) is 18.5 Å². The monoisotopic (exact) mass is 476 g/mol. The maximum absolute atomic E-state index is 12.9. The molecule has 2 aromatic rings. The average Bonchev–Trinajstić information content (AvgIpc) is 3.18. The number of amides is 2.